The van der Waals surface area contributed by atoms with Gasteiger partial charge in [-0.2, -0.15) is 0 Å². The molecule has 0 aliphatic rings. The Morgan fingerprint density at radius 3 is 2.84 bits per heavy atom. The van der Waals surface area contributed by atoms with Crippen molar-refractivity contribution in [1.82, 2.24) is 19.9 Å². The van der Waals surface area contributed by atoms with Gasteiger partial charge >= 0.3 is 0 Å². The van der Waals surface area contributed by atoms with Crippen molar-refractivity contribution in [2.24, 2.45) is 0 Å². The molecule has 0 saturated carbocycles. The van der Waals surface area contributed by atoms with E-state index in [1.165, 1.54) is 4.90 Å². The largest absolute Gasteiger partial charge is 0.321 e. The number of fused-ring (bicyclic) bond motifs is 1. The average Bonchev–Trinajstić information content (AvgIpc) is 2.89. The van der Waals surface area contributed by atoms with Crippen LogP contribution in [0.4, 0.5) is 0 Å². The van der Waals surface area contributed by atoms with E-state index in [2.05, 4.69) is 45.1 Å². The molecule has 0 atom stereocenters. The summed E-state index contributed by atoms with van der Waals surface area (Å²) in [6.45, 7) is 2.19. The Labute approximate surface area is 115 Å². The van der Waals surface area contributed by atoms with Crippen molar-refractivity contribution in [3.8, 4) is 11.4 Å². The Balaban J connectivity index is 2.05. The van der Waals surface area contributed by atoms with Gasteiger partial charge in [-0.3, -0.25) is 0 Å². The van der Waals surface area contributed by atoms with Gasteiger partial charge in [0.2, 0.25) is 0 Å². The van der Waals surface area contributed by atoms with Crippen molar-refractivity contribution in [3.63, 3.8) is 0 Å². The van der Waals surface area contributed by atoms with Crippen molar-refractivity contribution >= 4 is 23.1 Å². The molecule has 3 aromatic rings. The molecule has 0 fully saturated rings. The van der Waals surface area contributed by atoms with Gasteiger partial charge in [-0.1, -0.05) is 25.1 Å². The van der Waals surface area contributed by atoms with Gasteiger partial charge in [-0.05, 0) is 18.2 Å². The molecule has 1 N–H and O–H groups in total. The minimum absolute atomic E-state index is 0.660. The Kier molecular flexibility index (Phi) is 3.46. The molecule has 19 heavy (non-hydrogen) atoms. The second-order valence-electron chi connectivity index (χ2n) is 4.16. The predicted molar refractivity (Wildman–Crippen MR) is 78.1 cm³/mol. The molecule has 0 saturated heterocycles. The second kappa shape index (κ2) is 5.40. The Morgan fingerprint density at radius 2 is 2.00 bits per heavy atom. The molecule has 2 aromatic heterocycles. The quantitative estimate of drug-likeness (QED) is 0.737. The van der Waals surface area contributed by atoms with E-state index in [-0.39, 0.29) is 0 Å². The third-order valence-corrected chi connectivity index (χ3v) is 4.02. The number of thioether (sulfide) groups is 1. The van der Waals surface area contributed by atoms with Gasteiger partial charge in [0.1, 0.15) is 5.82 Å². The second-order valence-corrected chi connectivity index (χ2v) is 5.30. The number of aromatic amines is 1. The summed E-state index contributed by atoms with van der Waals surface area (Å²) in [7, 11) is 0. The van der Waals surface area contributed by atoms with Crippen LogP contribution < -0.4 is 0 Å². The number of nitrogens with one attached hydrogen (secondary N) is 1. The van der Waals surface area contributed by atoms with Gasteiger partial charge in [0.25, 0.3) is 0 Å². The van der Waals surface area contributed by atoms with Crippen molar-refractivity contribution in [2.45, 2.75) is 18.2 Å². The summed E-state index contributed by atoms with van der Waals surface area (Å²) in [5.74, 6) is 1.94. The van der Waals surface area contributed by atoms with Gasteiger partial charge in [-0.25, -0.2) is 15.0 Å². The van der Waals surface area contributed by atoms with Gasteiger partial charge < -0.3 is 4.98 Å². The minimum atomic E-state index is 0.660. The maximum Gasteiger partial charge on any atom is 0.197 e. The highest BCUT2D eigenvalue weighted by atomic mass is 32.2. The molecule has 3 rings (SSSR count). The van der Waals surface area contributed by atoms with Crippen LogP contribution in [0.2, 0.25) is 0 Å². The number of imidazole rings is 1. The lowest BCUT2D eigenvalue weighted by Gasteiger charge is -2.05. The zero-order valence-corrected chi connectivity index (χ0v) is 11.4. The average molecular weight is 270 g/mol. The molecule has 0 radical (unpaired) electrons. The van der Waals surface area contributed by atoms with Crippen LogP contribution in [0, 0.1) is 0 Å². The van der Waals surface area contributed by atoms with Crippen LogP contribution >= 0.6 is 11.8 Å². The Morgan fingerprint density at radius 1 is 1.16 bits per heavy atom. The first-order valence-corrected chi connectivity index (χ1v) is 7.26. The summed E-state index contributed by atoms with van der Waals surface area (Å²) in [4.78, 5) is 17.4. The summed E-state index contributed by atoms with van der Waals surface area (Å²) in [6, 6.07) is 8.29. The number of hydrogen-bond donors (Lipinski definition) is 1. The number of rotatable bonds is 4. The van der Waals surface area contributed by atoms with Gasteiger partial charge in [-0.15, -0.1) is 11.8 Å². The van der Waals surface area contributed by atoms with Gasteiger partial charge in [0.05, 0.1) is 0 Å². The Hall–Kier alpha value is -1.88. The molecule has 96 valence electrons. The number of aromatic nitrogens is 4. The lowest BCUT2D eigenvalue weighted by atomic mass is 10.2. The Bertz CT molecular complexity index is 659. The lowest BCUT2D eigenvalue weighted by molar-refractivity contribution is 1.10. The normalized spacial score (nSPS) is 11.0. The smallest absolute Gasteiger partial charge is 0.197 e. The molecule has 4 nitrogen and oxygen atoms in total. The molecule has 2 heterocycles. The van der Waals surface area contributed by atoms with E-state index in [4.69, 9.17) is 0 Å². The maximum atomic E-state index is 4.51. The molecule has 0 bridgehead atoms. The maximum absolute atomic E-state index is 4.51. The molecular formula is C14H14N4S. The zero-order chi connectivity index (χ0) is 13.1. The van der Waals surface area contributed by atoms with Crippen molar-refractivity contribution in [2.75, 3.05) is 5.75 Å². The van der Waals surface area contributed by atoms with Crippen LogP contribution in [-0.4, -0.2) is 25.7 Å². The minimum Gasteiger partial charge on any atom is -0.321 e. The highest BCUT2D eigenvalue weighted by molar-refractivity contribution is 7.99. The van der Waals surface area contributed by atoms with Crippen LogP contribution in [0.1, 0.15) is 13.3 Å². The van der Waals surface area contributed by atoms with E-state index in [9.17, 15) is 0 Å². The molecule has 0 aliphatic heterocycles. The fraction of sp³-hybridized carbons (Fsp3) is 0.214. The van der Waals surface area contributed by atoms with Crippen LogP contribution in [0.3, 0.4) is 0 Å². The van der Waals surface area contributed by atoms with Crippen LogP contribution in [-0.2, 0) is 0 Å². The van der Waals surface area contributed by atoms with E-state index in [1.807, 2.05) is 17.8 Å². The van der Waals surface area contributed by atoms with Crippen LogP contribution in [0.25, 0.3) is 22.7 Å². The molecular weight excluding hydrogens is 256 g/mol. The number of hydrogen-bond acceptors (Lipinski definition) is 4. The molecule has 0 unspecified atom stereocenters. The lowest BCUT2D eigenvalue weighted by Crippen LogP contribution is -1.85. The third kappa shape index (κ3) is 2.46. The summed E-state index contributed by atoms with van der Waals surface area (Å²) in [6.07, 6.45) is 4.48. The van der Waals surface area contributed by atoms with Gasteiger partial charge in [0.15, 0.2) is 11.3 Å². The summed E-state index contributed by atoms with van der Waals surface area (Å²) in [5, 5.41) is 0. The molecule has 0 spiro atoms. The number of benzene rings is 1. The van der Waals surface area contributed by atoms with Crippen molar-refractivity contribution < 1.29 is 0 Å². The highest BCUT2D eigenvalue weighted by Crippen LogP contribution is 2.30. The van der Waals surface area contributed by atoms with E-state index in [1.54, 1.807) is 12.4 Å². The molecule has 1 aromatic carbocycles. The monoisotopic (exact) mass is 270 g/mol. The summed E-state index contributed by atoms with van der Waals surface area (Å²) >= 11 is 1.85. The number of nitrogens with zero attached hydrogens (tertiary/aromatic N) is 3. The number of H-pyrrole nitrogens is 1. The van der Waals surface area contributed by atoms with E-state index >= 15 is 0 Å². The van der Waals surface area contributed by atoms with Crippen molar-refractivity contribution in [3.05, 3.63) is 36.7 Å². The first-order valence-electron chi connectivity index (χ1n) is 6.27. The topological polar surface area (TPSA) is 54.5 Å². The van der Waals surface area contributed by atoms with E-state index in [0.29, 0.717) is 5.65 Å². The van der Waals surface area contributed by atoms with Crippen LogP contribution in [0.5, 0.6) is 0 Å². The highest BCUT2D eigenvalue weighted by Gasteiger charge is 2.10. The molecule has 0 amide bonds. The zero-order valence-electron chi connectivity index (χ0n) is 10.6. The van der Waals surface area contributed by atoms with E-state index < -0.39 is 0 Å². The fourth-order valence-electron chi connectivity index (χ4n) is 1.87. The fourth-order valence-corrected chi connectivity index (χ4v) is 2.79. The van der Waals surface area contributed by atoms with Gasteiger partial charge in [0, 0.05) is 22.9 Å². The third-order valence-electron chi connectivity index (χ3n) is 2.74. The van der Waals surface area contributed by atoms with Crippen LogP contribution in [0.15, 0.2) is 41.6 Å². The summed E-state index contributed by atoms with van der Waals surface area (Å²) < 4.78 is 0. The SMILES string of the molecule is CCCSc1ccccc1-c1nc2nccnc2[nH]1. The van der Waals surface area contributed by atoms with Crippen molar-refractivity contribution in [1.29, 1.82) is 0 Å². The first kappa shape index (κ1) is 12.2. The first-order chi connectivity index (χ1) is 9.38. The predicted octanol–water partition coefficient (Wildman–Crippen LogP) is 3.52. The summed E-state index contributed by atoms with van der Waals surface area (Å²) in [5.41, 5.74) is 2.50. The molecule has 5 heteroatoms. The van der Waals surface area contributed by atoms with E-state index in [0.717, 1.165) is 29.2 Å². The standard InChI is InChI=1S/C14H14N4S/c1-2-9-19-11-6-4-3-5-10(11)12-17-13-14(18-12)16-8-7-15-13/h3-8H,2,9H2,1H3,(H,15,16,17,18). The molecule has 0 aliphatic carbocycles.